The maximum absolute atomic E-state index is 12.4. The molecule has 1 aliphatic carbocycles. The number of ether oxygens (including phenoxy) is 2. The number of hydrogen-bond donors (Lipinski definition) is 0. The van der Waals surface area contributed by atoms with Gasteiger partial charge in [-0.3, -0.25) is 4.79 Å². The number of hydrogen-bond acceptors (Lipinski definition) is 4. The van der Waals surface area contributed by atoms with Crippen LogP contribution in [-0.4, -0.2) is 49.2 Å². The third kappa shape index (κ3) is 3.51. The van der Waals surface area contributed by atoms with Crippen LogP contribution < -0.4 is 0 Å². The Balaban J connectivity index is 1.83. The first-order chi connectivity index (χ1) is 9.65. The predicted molar refractivity (Wildman–Crippen MR) is 74.1 cm³/mol. The summed E-state index contributed by atoms with van der Waals surface area (Å²) in [4.78, 5) is 25.9. The molecule has 20 heavy (non-hydrogen) atoms. The molecule has 0 N–H and O–H groups in total. The molecule has 1 heterocycles. The second-order valence-corrected chi connectivity index (χ2v) is 5.74. The molecule has 1 atom stereocenters. The van der Waals surface area contributed by atoms with Crippen LogP contribution in [0.2, 0.25) is 0 Å². The summed E-state index contributed by atoms with van der Waals surface area (Å²) < 4.78 is 10.3. The molecule has 1 amide bonds. The molecule has 0 spiro atoms. The number of rotatable bonds is 5. The third-order valence-corrected chi connectivity index (χ3v) is 4.35. The number of esters is 1. The Morgan fingerprint density at radius 1 is 1.25 bits per heavy atom. The summed E-state index contributed by atoms with van der Waals surface area (Å²) in [6.45, 7) is 3.41. The van der Waals surface area contributed by atoms with E-state index in [4.69, 9.17) is 9.47 Å². The largest absolute Gasteiger partial charge is 0.467 e. The van der Waals surface area contributed by atoms with Gasteiger partial charge in [-0.15, -0.1) is 0 Å². The Morgan fingerprint density at radius 2 is 2.00 bits per heavy atom. The van der Waals surface area contributed by atoms with E-state index in [9.17, 15) is 9.59 Å². The fourth-order valence-electron chi connectivity index (χ4n) is 3.19. The lowest BCUT2D eigenvalue weighted by molar-refractivity contribution is -0.155. The third-order valence-electron chi connectivity index (χ3n) is 4.35. The van der Waals surface area contributed by atoms with Crippen molar-refractivity contribution in [2.24, 2.45) is 5.92 Å². The fraction of sp³-hybridized carbons (Fsp3) is 0.867. The minimum Gasteiger partial charge on any atom is -0.467 e. The van der Waals surface area contributed by atoms with E-state index >= 15 is 0 Å². The van der Waals surface area contributed by atoms with Gasteiger partial charge in [-0.25, -0.2) is 4.79 Å². The molecule has 1 saturated heterocycles. The first kappa shape index (κ1) is 15.3. The maximum Gasteiger partial charge on any atom is 0.328 e. The van der Waals surface area contributed by atoms with E-state index < -0.39 is 0 Å². The van der Waals surface area contributed by atoms with Gasteiger partial charge >= 0.3 is 5.97 Å². The van der Waals surface area contributed by atoms with Crippen molar-refractivity contribution in [3.63, 3.8) is 0 Å². The monoisotopic (exact) mass is 283 g/mol. The van der Waals surface area contributed by atoms with Gasteiger partial charge in [-0.2, -0.15) is 0 Å². The molecule has 5 heteroatoms. The van der Waals surface area contributed by atoms with E-state index in [1.807, 2.05) is 6.92 Å². The normalized spacial score (nSPS) is 29.7. The quantitative estimate of drug-likeness (QED) is 0.721. The Labute approximate surface area is 120 Å². The van der Waals surface area contributed by atoms with Gasteiger partial charge in [0, 0.05) is 19.6 Å². The van der Waals surface area contributed by atoms with Crippen molar-refractivity contribution in [1.82, 2.24) is 4.90 Å². The average molecular weight is 283 g/mol. The Bertz CT molecular complexity index is 352. The van der Waals surface area contributed by atoms with Crippen LogP contribution >= 0.6 is 0 Å². The highest BCUT2D eigenvalue weighted by atomic mass is 16.5. The number of nitrogens with zero attached hydrogens (tertiary/aromatic N) is 1. The van der Waals surface area contributed by atoms with Crippen LogP contribution in [0.5, 0.6) is 0 Å². The number of likely N-dealkylation sites (tertiary alicyclic amines) is 1. The van der Waals surface area contributed by atoms with Gasteiger partial charge in [0.2, 0.25) is 5.91 Å². The summed E-state index contributed by atoms with van der Waals surface area (Å²) in [5, 5.41) is 0. The molecular weight excluding hydrogens is 258 g/mol. The lowest BCUT2D eigenvalue weighted by Crippen LogP contribution is -2.49. The zero-order valence-electron chi connectivity index (χ0n) is 12.5. The van der Waals surface area contributed by atoms with Gasteiger partial charge in [0.25, 0.3) is 0 Å². The number of carbonyl (C=O) groups is 2. The lowest BCUT2D eigenvalue weighted by atomic mass is 9.79. The molecule has 2 rings (SSSR count). The molecule has 2 aliphatic rings. The summed E-state index contributed by atoms with van der Waals surface area (Å²) in [7, 11) is 1.39. The molecule has 0 aromatic rings. The standard InChI is InChI=1S/C15H25NO4/c1-3-20-12-8-11(9-12)10-14(17)16-7-5-4-6-13(16)15(18)19-2/h11-13H,3-10H2,1-2H3. The molecule has 1 saturated carbocycles. The zero-order chi connectivity index (χ0) is 14.5. The van der Waals surface area contributed by atoms with Gasteiger partial charge < -0.3 is 14.4 Å². The molecule has 0 aromatic carbocycles. The van der Waals surface area contributed by atoms with Gasteiger partial charge in [0.15, 0.2) is 0 Å². The van der Waals surface area contributed by atoms with Gasteiger partial charge in [-0.05, 0) is 44.9 Å². The first-order valence-electron chi connectivity index (χ1n) is 7.64. The predicted octanol–water partition coefficient (Wildman–Crippen LogP) is 1.75. The summed E-state index contributed by atoms with van der Waals surface area (Å²) in [6, 6.07) is -0.371. The molecule has 2 fully saturated rings. The highest BCUT2D eigenvalue weighted by molar-refractivity contribution is 5.84. The van der Waals surface area contributed by atoms with Crippen LogP contribution in [0.15, 0.2) is 0 Å². The molecular formula is C15H25NO4. The van der Waals surface area contributed by atoms with Crippen molar-refractivity contribution in [2.45, 2.75) is 57.6 Å². The molecule has 1 aliphatic heterocycles. The van der Waals surface area contributed by atoms with Crippen molar-refractivity contribution >= 4 is 11.9 Å². The molecule has 0 aromatic heterocycles. The van der Waals surface area contributed by atoms with Crippen LogP contribution in [0, 0.1) is 5.92 Å². The fourth-order valence-corrected chi connectivity index (χ4v) is 3.19. The second-order valence-electron chi connectivity index (χ2n) is 5.74. The molecule has 5 nitrogen and oxygen atoms in total. The van der Waals surface area contributed by atoms with Gasteiger partial charge in [-0.1, -0.05) is 0 Å². The SMILES string of the molecule is CCOC1CC(CC(=O)N2CCCCC2C(=O)OC)C1. The zero-order valence-corrected chi connectivity index (χ0v) is 12.5. The molecule has 1 unspecified atom stereocenters. The van der Waals surface area contributed by atoms with Crippen molar-refractivity contribution in [3.8, 4) is 0 Å². The van der Waals surface area contributed by atoms with Gasteiger partial charge in [0.1, 0.15) is 6.04 Å². The first-order valence-corrected chi connectivity index (χ1v) is 7.64. The van der Waals surface area contributed by atoms with Crippen molar-refractivity contribution in [3.05, 3.63) is 0 Å². The Hall–Kier alpha value is -1.10. The van der Waals surface area contributed by atoms with E-state index in [1.165, 1.54) is 7.11 Å². The summed E-state index contributed by atoms with van der Waals surface area (Å²) in [6.07, 6.45) is 5.50. The van der Waals surface area contributed by atoms with Crippen molar-refractivity contribution in [1.29, 1.82) is 0 Å². The topological polar surface area (TPSA) is 55.8 Å². The Morgan fingerprint density at radius 3 is 2.65 bits per heavy atom. The van der Waals surface area contributed by atoms with Crippen molar-refractivity contribution < 1.29 is 19.1 Å². The maximum atomic E-state index is 12.4. The molecule has 114 valence electrons. The van der Waals surface area contributed by atoms with Gasteiger partial charge in [0.05, 0.1) is 13.2 Å². The summed E-state index contributed by atoms with van der Waals surface area (Å²) in [5.74, 6) is 0.234. The van der Waals surface area contributed by atoms with E-state index in [1.54, 1.807) is 4.90 Å². The molecule has 0 radical (unpaired) electrons. The Kier molecular flexibility index (Phi) is 5.40. The smallest absolute Gasteiger partial charge is 0.328 e. The summed E-state index contributed by atoms with van der Waals surface area (Å²) in [5.41, 5.74) is 0. The van der Waals surface area contributed by atoms with Crippen LogP contribution in [0.3, 0.4) is 0 Å². The number of amides is 1. The van der Waals surface area contributed by atoms with Crippen LogP contribution in [0.4, 0.5) is 0 Å². The number of methoxy groups -OCH3 is 1. The second kappa shape index (κ2) is 7.07. The van der Waals surface area contributed by atoms with Crippen molar-refractivity contribution in [2.75, 3.05) is 20.3 Å². The highest BCUT2D eigenvalue weighted by Gasteiger charge is 2.36. The van der Waals surface area contributed by atoms with E-state index in [2.05, 4.69) is 0 Å². The van der Waals surface area contributed by atoms with E-state index in [-0.39, 0.29) is 17.9 Å². The average Bonchev–Trinajstić information content (AvgIpc) is 2.44. The number of carbonyl (C=O) groups excluding carboxylic acids is 2. The number of piperidine rings is 1. The minimum absolute atomic E-state index is 0.0973. The summed E-state index contributed by atoms with van der Waals surface area (Å²) >= 11 is 0. The lowest BCUT2D eigenvalue weighted by Gasteiger charge is -2.38. The van der Waals surface area contributed by atoms with Crippen LogP contribution in [-0.2, 0) is 19.1 Å². The van der Waals surface area contributed by atoms with Crippen LogP contribution in [0.1, 0.15) is 45.4 Å². The molecule has 0 bridgehead atoms. The van der Waals surface area contributed by atoms with E-state index in [0.29, 0.717) is 25.0 Å². The minimum atomic E-state index is -0.371. The highest BCUT2D eigenvalue weighted by Crippen LogP contribution is 2.33. The van der Waals surface area contributed by atoms with Crippen LogP contribution in [0.25, 0.3) is 0 Å². The van der Waals surface area contributed by atoms with E-state index in [0.717, 1.165) is 38.7 Å².